The van der Waals surface area contributed by atoms with Gasteiger partial charge in [0.25, 0.3) is 0 Å². The molecule has 0 aliphatic heterocycles. The number of guanidine groups is 1. The summed E-state index contributed by atoms with van der Waals surface area (Å²) >= 11 is 0. The molecule has 0 radical (unpaired) electrons. The first kappa shape index (κ1) is 17.8. The number of nitrogens with zero attached hydrogens (tertiary/aromatic N) is 1. The van der Waals surface area contributed by atoms with Crippen LogP contribution in [0.4, 0.5) is 0 Å². The first-order chi connectivity index (χ1) is 9.78. The average molecular weight is 401 g/mol. The van der Waals surface area contributed by atoms with E-state index >= 15 is 0 Å². The van der Waals surface area contributed by atoms with E-state index in [1.54, 1.807) is 12.1 Å². The molecule has 0 unspecified atom stereocenters. The largest absolute Gasteiger partial charge is 0.508 e. The third-order valence-electron chi connectivity index (χ3n) is 3.27. The highest BCUT2D eigenvalue weighted by atomic mass is 127. The smallest absolute Gasteiger partial charge is 0.191 e. The van der Waals surface area contributed by atoms with Gasteiger partial charge in [-0.25, -0.2) is 0 Å². The normalized spacial score (nSPS) is 14.8. The van der Waals surface area contributed by atoms with Crippen molar-refractivity contribution in [1.29, 1.82) is 0 Å². The number of aromatic hydroxyl groups is 1. The first-order valence-electron chi connectivity index (χ1n) is 7.25. The van der Waals surface area contributed by atoms with Crippen LogP contribution < -0.4 is 10.6 Å². The molecular formula is C16H24IN3O. The summed E-state index contributed by atoms with van der Waals surface area (Å²) in [6.07, 6.45) is 7.36. The third kappa shape index (κ3) is 6.37. The van der Waals surface area contributed by atoms with Gasteiger partial charge in [-0.15, -0.1) is 24.0 Å². The van der Waals surface area contributed by atoms with Gasteiger partial charge in [-0.2, -0.15) is 0 Å². The molecule has 0 heterocycles. The van der Waals surface area contributed by atoms with E-state index in [4.69, 9.17) is 0 Å². The number of aliphatic imine (C=N–C) groups is 1. The average Bonchev–Trinajstić information content (AvgIpc) is 2.92. The summed E-state index contributed by atoms with van der Waals surface area (Å²) in [6.45, 7) is 3.64. The predicted molar refractivity (Wildman–Crippen MR) is 98.5 cm³/mol. The van der Waals surface area contributed by atoms with Gasteiger partial charge < -0.3 is 15.7 Å². The van der Waals surface area contributed by atoms with Gasteiger partial charge in [-0.1, -0.05) is 24.3 Å². The maximum atomic E-state index is 9.43. The van der Waals surface area contributed by atoms with Crippen LogP contribution in [-0.2, 0) is 6.42 Å². The van der Waals surface area contributed by atoms with E-state index in [0.717, 1.165) is 37.3 Å². The summed E-state index contributed by atoms with van der Waals surface area (Å²) in [4.78, 5) is 4.59. The van der Waals surface area contributed by atoms with Crippen LogP contribution in [-0.4, -0.2) is 30.2 Å². The molecule has 1 aliphatic rings. The summed E-state index contributed by atoms with van der Waals surface area (Å²) in [5.41, 5.74) is 1.10. The minimum atomic E-state index is 0. The number of benzene rings is 1. The summed E-state index contributed by atoms with van der Waals surface area (Å²) in [6, 6.07) is 7.81. The van der Waals surface area contributed by atoms with E-state index < -0.39 is 0 Å². The number of nitrogens with one attached hydrogen (secondary N) is 2. The van der Waals surface area contributed by atoms with Gasteiger partial charge in [0.15, 0.2) is 5.96 Å². The molecule has 1 aliphatic carbocycles. The van der Waals surface area contributed by atoms with Gasteiger partial charge in [0, 0.05) is 19.1 Å². The van der Waals surface area contributed by atoms with E-state index in [1.807, 2.05) is 12.1 Å². The lowest BCUT2D eigenvalue weighted by atomic mass is 10.1. The number of phenolic OH excluding ortho intramolecular Hbond substituents is 1. The fraction of sp³-hybridized carbons (Fsp3) is 0.438. The Bertz CT molecular complexity index is 480. The van der Waals surface area contributed by atoms with E-state index in [2.05, 4.69) is 34.7 Å². The Morgan fingerprint density at radius 3 is 2.76 bits per heavy atom. The lowest BCUT2D eigenvalue weighted by molar-refractivity contribution is 0.474. The Balaban J connectivity index is 0.00000220. The van der Waals surface area contributed by atoms with Gasteiger partial charge in [0.05, 0.1) is 0 Å². The molecule has 0 saturated carbocycles. The second-order valence-electron chi connectivity index (χ2n) is 4.96. The molecule has 1 aromatic rings. The van der Waals surface area contributed by atoms with Crippen molar-refractivity contribution in [2.45, 2.75) is 32.2 Å². The molecule has 0 atom stereocenters. The molecule has 0 spiro atoms. The molecule has 2 rings (SSSR count). The number of hydrogen-bond acceptors (Lipinski definition) is 2. The van der Waals surface area contributed by atoms with Gasteiger partial charge in [-0.3, -0.25) is 4.99 Å². The van der Waals surface area contributed by atoms with E-state index in [9.17, 15) is 5.11 Å². The number of phenols is 1. The Hall–Kier alpha value is -1.24. The monoisotopic (exact) mass is 401 g/mol. The second-order valence-corrected chi connectivity index (χ2v) is 4.96. The van der Waals surface area contributed by atoms with Crippen molar-refractivity contribution in [2.75, 3.05) is 13.1 Å². The first-order valence-corrected chi connectivity index (χ1v) is 7.25. The third-order valence-corrected chi connectivity index (χ3v) is 3.27. The van der Waals surface area contributed by atoms with Crippen LogP contribution >= 0.6 is 24.0 Å². The standard InChI is InChI=1S/C16H23N3O.HI/c1-2-17-16(19-14-7-3-4-8-14)18-11-10-13-6-5-9-15(20)12-13;/h3-6,9,12,14,20H,2,7-8,10-11H2,1H3,(H2,17,18,19);1H. The van der Waals surface area contributed by atoms with Crippen LogP contribution in [0, 0.1) is 0 Å². The molecule has 5 heteroatoms. The molecule has 3 N–H and O–H groups in total. The maximum Gasteiger partial charge on any atom is 0.191 e. The lowest BCUT2D eigenvalue weighted by Crippen LogP contribution is -2.42. The highest BCUT2D eigenvalue weighted by Gasteiger charge is 2.11. The molecule has 0 saturated heterocycles. The zero-order valence-electron chi connectivity index (χ0n) is 12.4. The quantitative estimate of drug-likeness (QED) is 0.308. The van der Waals surface area contributed by atoms with Crippen molar-refractivity contribution in [3.8, 4) is 5.75 Å². The van der Waals surface area contributed by atoms with E-state index in [1.165, 1.54) is 0 Å². The summed E-state index contributed by atoms with van der Waals surface area (Å²) in [7, 11) is 0. The summed E-state index contributed by atoms with van der Waals surface area (Å²) in [5.74, 6) is 1.19. The molecule has 4 nitrogen and oxygen atoms in total. The van der Waals surface area contributed by atoms with Crippen molar-refractivity contribution in [1.82, 2.24) is 10.6 Å². The van der Waals surface area contributed by atoms with Crippen molar-refractivity contribution < 1.29 is 5.11 Å². The SMILES string of the molecule is CCNC(=NCCc1cccc(O)c1)NC1CC=CC1.I. The van der Waals surface area contributed by atoms with Gasteiger partial charge in [0.2, 0.25) is 0 Å². The van der Waals surface area contributed by atoms with Crippen LogP contribution in [0.3, 0.4) is 0 Å². The molecule has 1 aromatic carbocycles. The van der Waals surface area contributed by atoms with Crippen LogP contribution in [0.25, 0.3) is 0 Å². The maximum absolute atomic E-state index is 9.43. The van der Waals surface area contributed by atoms with Crippen molar-refractivity contribution >= 4 is 29.9 Å². The van der Waals surface area contributed by atoms with Crippen LogP contribution in [0.15, 0.2) is 41.4 Å². The predicted octanol–water partition coefficient (Wildman–Crippen LogP) is 2.83. The molecule has 116 valence electrons. The molecule has 0 amide bonds. The molecule has 0 bridgehead atoms. The van der Waals surface area contributed by atoms with Crippen LogP contribution in [0.5, 0.6) is 5.75 Å². The zero-order chi connectivity index (χ0) is 14.2. The fourth-order valence-electron chi connectivity index (χ4n) is 2.26. The Morgan fingerprint density at radius 2 is 2.10 bits per heavy atom. The van der Waals surface area contributed by atoms with Gasteiger partial charge in [0.1, 0.15) is 5.75 Å². The number of hydrogen-bond donors (Lipinski definition) is 3. The van der Waals surface area contributed by atoms with Crippen molar-refractivity contribution in [3.63, 3.8) is 0 Å². The fourth-order valence-corrected chi connectivity index (χ4v) is 2.26. The van der Waals surface area contributed by atoms with Crippen LogP contribution in [0.1, 0.15) is 25.3 Å². The topological polar surface area (TPSA) is 56.7 Å². The van der Waals surface area contributed by atoms with Gasteiger partial charge in [-0.05, 0) is 43.9 Å². The molecular weight excluding hydrogens is 377 g/mol. The van der Waals surface area contributed by atoms with E-state index in [0.29, 0.717) is 18.3 Å². The lowest BCUT2D eigenvalue weighted by Gasteiger charge is -2.16. The molecule has 0 aromatic heterocycles. The molecule has 0 fully saturated rings. The zero-order valence-corrected chi connectivity index (χ0v) is 14.7. The summed E-state index contributed by atoms with van der Waals surface area (Å²) < 4.78 is 0. The highest BCUT2D eigenvalue weighted by Crippen LogP contribution is 2.11. The van der Waals surface area contributed by atoms with Gasteiger partial charge >= 0.3 is 0 Å². The van der Waals surface area contributed by atoms with Crippen molar-refractivity contribution in [2.24, 2.45) is 4.99 Å². The molecule has 21 heavy (non-hydrogen) atoms. The summed E-state index contributed by atoms with van der Waals surface area (Å²) in [5, 5.41) is 16.1. The Morgan fingerprint density at radius 1 is 1.33 bits per heavy atom. The highest BCUT2D eigenvalue weighted by molar-refractivity contribution is 14.0. The van der Waals surface area contributed by atoms with Crippen LogP contribution in [0.2, 0.25) is 0 Å². The number of rotatable bonds is 5. The number of halogens is 1. The van der Waals surface area contributed by atoms with Crippen molar-refractivity contribution in [3.05, 3.63) is 42.0 Å². The minimum absolute atomic E-state index is 0. The second kappa shape index (κ2) is 9.65. The Kier molecular flexibility index (Phi) is 8.19. The minimum Gasteiger partial charge on any atom is -0.508 e. The van der Waals surface area contributed by atoms with E-state index in [-0.39, 0.29) is 24.0 Å². The Labute approximate surface area is 143 Å².